The average Bonchev–Trinajstić information content (AvgIpc) is 2.91. The van der Waals surface area contributed by atoms with Crippen molar-refractivity contribution in [3.05, 3.63) is 48.5 Å². The molecule has 0 saturated carbocycles. The second kappa shape index (κ2) is 8.69. The Hall–Kier alpha value is -2.80. The van der Waals surface area contributed by atoms with Gasteiger partial charge in [-0.2, -0.15) is 0 Å². The Labute approximate surface area is 174 Å². The van der Waals surface area contributed by atoms with E-state index in [0.29, 0.717) is 24.5 Å². The number of nitrogens with zero attached hydrogens (tertiary/aromatic N) is 4. The molecule has 0 fully saturated rings. The van der Waals surface area contributed by atoms with E-state index in [4.69, 9.17) is 14.7 Å². The summed E-state index contributed by atoms with van der Waals surface area (Å²) in [5, 5.41) is 0. The van der Waals surface area contributed by atoms with Crippen LogP contribution in [0.15, 0.2) is 53.4 Å². The summed E-state index contributed by atoms with van der Waals surface area (Å²) in [6.07, 6.45) is 1.34. The van der Waals surface area contributed by atoms with Crippen LogP contribution in [-0.2, 0) is 4.79 Å². The Kier molecular flexibility index (Phi) is 5.85. The molecule has 150 valence electrons. The van der Waals surface area contributed by atoms with Gasteiger partial charge < -0.3 is 9.64 Å². The molecule has 0 saturated heterocycles. The molecule has 2 aromatic carbocycles. The van der Waals surface area contributed by atoms with Crippen LogP contribution in [0.1, 0.15) is 12.8 Å². The summed E-state index contributed by atoms with van der Waals surface area (Å²) in [7, 11) is 3.67. The van der Waals surface area contributed by atoms with Crippen LogP contribution in [0, 0.1) is 0 Å². The van der Waals surface area contributed by atoms with Crippen molar-refractivity contribution >= 4 is 40.3 Å². The molecule has 29 heavy (non-hydrogen) atoms. The highest BCUT2D eigenvalue weighted by Gasteiger charge is 2.26. The Morgan fingerprint density at radius 2 is 1.72 bits per heavy atom. The van der Waals surface area contributed by atoms with Crippen molar-refractivity contribution in [3.63, 3.8) is 0 Å². The number of rotatable bonds is 5. The van der Waals surface area contributed by atoms with Gasteiger partial charge in [0.05, 0.1) is 18.1 Å². The lowest BCUT2D eigenvalue weighted by Gasteiger charge is -2.22. The van der Waals surface area contributed by atoms with E-state index in [-0.39, 0.29) is 5.91 Å². The van der Waals surface area contributed by atoms with Crippen molar-refractivity contribution in [1.82, 2.24) is 9.97 Å². The molecule has 7 heteroatoms. The van der Waals surface area contributed by atoms with Gasteiger partial charge in [-0.1, -0.05) is 12.1 Å². The molecule has 6 nitrogen and oxygen atoms in total. The third-order valence-electron chi connectivity index (χ3n) is 4.97. The maximum absolute atomic E-state index is 13.1. The molecule has 0 radical (unpaired) electrons. The third-order valence-corrected chi connectivity index (χ3v) is 5.99. The summed E-state index contributed by atoms with van der Waals surface area (Å²) in [5.74, 6) is 3.09. The number of carbonyl (C=O) groups is 1. The van der Waals surface area contributed by atoms with Gasteiger partial charge in [0.1, 0.15) is 5.75 Å². The van der Waals surface area contributed by atoms with E-state index in [9.17, 15) is 4.79 Å². The summed E-state index contributed by atoms with van der Waals surface area (Å²) in [6.45, 7) is 1.51. The maximum atomic E-state index is 13.1. The highest BCUT2D eigenvalue weighted by atomic mass is 32.2. The number of thioether (sulfide) groups is 1. The second-order valence-electron chi connectivity index (χ2n) is 6.95. The van der Waals surface area contributed by atoms with E-state index < -0.39 is 0 Å². The topological polar surface area (TPSA) is 58.6 Å². The van der Waals surface area contributed by atoms with Gasteiger partial charge in [0, 0.05) is 37.2 Å². The van der Waals surface area contributed by atoms with Gasteiger partial charge in [-0.3, -0.25) is 9.69 Å². The van der Waals surface area contributed by atoms with E-state index in [1.54, 1.807) is 18.9 Å². The van der Waals surface area contributed by atoms with Crippen molar-refractivity contribution < 1.29 is 9.53 Å². The summed E-state index contributed by atoms with van der Waals surface area (Å²) >= 11 is 1.67. The first-order valence-corrected chi connectivity index (χ1v) is 10.7. The Bertz CT molecular complexity index is 1010. The molecule has 1 amide bonds. The lowest BCUT2D eigenvalue weighted by molar-refractivity contribution is -0.118. The van der Waals surface area contributed by atoms with Gasteiger partial charge in [-0.05, 0) is 42.8 Å². The number of benzene rings is 2. The smallest absolute Gasteiger partial charge is 0.229 e. The number of methoxy groups -OCH3 is 1. The molecule has 0 atom stereocenters. The number of para-hydroxylation sites is 2. The largest absolute Gasteiger partial charge is 0.497 e. The lowest BCUT2D eigenvalue weighted by Crippen LogP contribution is -2.32. The number of aromatic nitrogens is 2. The molecule has 1 aliphatic heterocycles. The first kappa shape index (κ1) is 19.5. The van der Waals surface area contributed by atoms with Gasteiger partial charge >= 0.3 is 0 Å². The predicted octanol–water partition coefficient (Wildman–Crippen LogP) is 3.99. The van der Waals surface area contributed by atoms with Crippen LogP contribution in [0.2, 0.25) is 0 Å². The van der Waals surface area contributed by atoms with Crippen molar-refractivity contribution in [3.8, 4) is 5.75 Å². The first-order chi connectivity index (χ1) is 14.2. The highest BCUT2D eigenvalue weighted by molar-refractivity contribution is 7.99. The Morgan fingerprint density at radius 3 is 2.41 bits per heavy atom. The van der Waals surface area contributed by atoms with Crippen molar-refractivity contribution in [1.29, 1.82) is 0 Å². The van der Waals surface area contributed by atoms with Crippen molar-refractivity contribution in [2.45, 2.75) is 17.7 Å². The minimum Gasteiger partial charge on any atom is -0.497 e. The SMILES string of the molecule is COc1ccc(SCCC(=O)N2CCCN(C)c3nc4ccccc4nc32)cc1. The van der Waals surface area contributed by atoms with Crippen LogP contribution in [-0.4, -0.2) is 48.9 Å². The normalized spacial score (nSPS) is 13.9. The molecule has 0 unspecified atom stereocenters. The fourth-order valence-corrected chi connectivity index (χ4v) is 4.24. The zero-order chi connectivity index (χ0) is 20.2. The molecule has 1 aromatic heterocycles. The van der Waals surface area contributed by atoms with Crippen LogP contribution < -0.4 is 14.5 Å². The Balaban J connectivity index is 1.50. The van der Waals surface area contributed by atoms with E-state index in [1.165, 1.54) is 0 Å². The lowest BCUT2D eigenvalue weighted by atomic mass is 10.3. The first-order valence-electron chi connectivity index (χ1n) is 9.71. The minimum absolute atomic E-state index is 0.0899. The van der Waals surface area contributed by atoms with Gasteiger partial charge in [-0.15, -0.1) is 11.8 Å². The van der Waals surface area contributed by atoms with Crippen molar-refractivity contribution in [2.24, 2.45) is 0 Å². The molecular formula is C22H24N4O2S. The number of anilines is 2. The third kappa shape index (κ3) is 4.29. The molecule has 0 aliphatic carbocycles. The van der Waals surface area contributed by atoms with Crippen LogP contribution in [0.5, 0.6) is 5.75 Å². The summed E-state index contributed by atoms with van der Waals surface area (Å²) in [6, 6.07) is 15.7. The van der Waals surface area contributed by atoms with Gasteiger partial charge in [0.15, 0.2) is 11.6 Å². The van der Waals surface area contributed by atoms with E-state index in [1.807, 2.05) is 60.5 Å². The summed E-state index contributed by atoms with van der Waals surface area (Å²) in [4.78, 5) is 27.7. The Morgan fingerprint density at radius 1 is 1.03 bits per heavy atom. The molecule has 0 bridgehead atoms. The minimum atomic E-state index is 0.0899. The number of carbonyl (C=O) groups excluding carboxylic acids is 1. The quantitative estimate of drug-likeness (QED) is 0.595. The number of ether oxygens (including phenoxy) is 1. The molecule has 3 aromatic rings. The number of hydrogen-bond acceptors (Lipinski definition) is 6. The van der Waals surface area contributed by atoms with Gasteiger partial charge in [0.2, 0.25) is 5.91 Å². The van der Waals surface area contributed by atoms with Crippen LogP contribution >= 0.6 is 11.8 Å². The molecular weight excluding hydrogens is 384 g/mol. The van der Waals surface area contributed by atoms with Crippen LogP contribution in [0.3, 0.4) is 0 Å². The maximum Gasteiger partial charge on any atom is 0.229 e. The molecule has 4 rings (SSSR count). The predicted molar refractivity (Wildman–Crippen MR) is 118 cm³/mol. The van der Waals surface area contributed by atoms with Gasteiger partial charge in [0.25, 0.3) is 0 Å². The highest BCUT2D eigenvalue weighted by Crippen LogP contribution is 2.31. The number of fused-ring (bicyclic) bond motifs is 2. The molecule has 1 aliphatic rings. The van der Waals surface area contributed by atoms with Crippen LogP contribution in [0.25, 0.3) is 11.0 Å². The monoisotopic (exact) mass is 408 g/mol. The number of hydrogen-bond donors (Lipinski definition) is 0. The molecule has 0 N–H and O–H groups in total. The summed E-state index contributed by atoms with van der Waals surface area (Å²) < 4.78 is 5.19. The fraction of sp³-hybridized carbons (Fsp3) is 0.318. The zero-order valence-electron chi connectivity index (χ0n) is 16.7. The van der Waals surface area contributed by atoms with E-state index in [2.05, 4.69) is 4.90 Å². The zero-order valence-corrected chi connectivity index (χ0v) is 17.5. The fourth-order valence-electron chi connectivity index (χ4n) is 3.40. The number of amides is 1. The van der Waals surface area contributed by atoms with Crippen molar-refractivity contribution in [2.75, 3.05) is 42.8 Å². The standard InChI is InChI=1S/C22H24N4O2S/c1-25-13-5-14-26(22-21(25)23-18-6-3-4-7-19(18)24-22)20(27)12-15-29-17-10-8-16(28-2)9-11-17/h3-4,6-11H,5,12-15H2,1-2H3. The van der Waals surface area contributed by atoms with Gasteiger partial charge in [-0.25, -0.2) is 9.97 Å². The van der Waals surface area contributed by atoms with E-state index >= 15 is 0 Å². The molecule has 2 heterocycles. The average molecular weight is 409 g/mol. The van der Waals surface area contributed by atoms with Crippen LogP contribution in [0.4, 0.5) is 11.6 Å². The second-order valence-corrected chi connectivity index (χ2v) is 8.12. The van der Waals surface area contributed by atoms with E-state index in [0.717, 1.165) is 40.5 Å². The summed E-state index contributed by atoms with van der Waals surface area (Å²) in [5.41, 5.74) is 1.66. The molecule has 0 spiro atoms.